The van der Waals surface area contributed by atoms with E-state index in [2.05, 4.69) is 21.9 Å². The Morgan fingerprint density at radius 1 is 1.41 bits per heavy atom. The molecule has 0 unspecified atom stereocenters. The molecule has 17 heavy (non-hydrogen) atoms. The molecule has 0 bridgehead atoms. The molecule has 1 saturated heterocycles. The number of hydrogen-bond acceptors (Lipinski definition) is 3. The monoisotopic (exact) mass is 229 g/mol. The zero-order valence-electron chi connectivity index (χ0n) is 9.10. The number of ether oxygens (including phenoxy) is 1. The maximum absolute atomic E-state index is 11.5. The van der Waals surface area contributed by atoms with Gasteiger partial charge in [0.2, 0.25) is 5.78 Å². The second-order valence-corrected chi connectivity index (χ2v) is 3.68. The predicted octanol–water partition coefficient (Wildman–Crippen LogP) is 1.11. The number of alkyl carbamates (subject to hydrolysis) is 1. The first-order chi connectivity index (χ1) is 8.24. The van der Waals surface area contributed by atoms with Crippen molar-refractivity contribution < 1.29 is 14.3 Å². The van der Waals surface area contributed by atoms with E-state index >= 15 is 0 Å². The fourth-order valence-electron chi connectivity index (χ4n) is 1.47. The van der Waals surface area contributed by atoms with Crippen molar-refractivity contribution in [1.29, 1.82) is 0 Å². The molecule has 1 aliphatic heterocycles. The average molecular weight is 229 g/mol. The van der Waals surface area contributed by atoms with E-state index in [-0.39, 0.29) is 24.9 Å². The van der Waals surface area contributed by atoms with Crippen LogP contribution in [-0.2, 0) is 9.53 Å². The van der Waals surface area contributed by atoms with Gasteiger partial charge in [0.25, 0.3) is 0 Å². The third-order valence-electron chi connectivity index (χ3n) is 2.29. The molecule has 0 saturated carbocycles. The number of amides is 1. The summed E-state index contributed by atoms with van der Waals surface area (Å²) in [5, 5.41) is 2.53. The van der Waals surface area contributed by atoms with Crippen molar-refractivity contribution in [3.05, 3.63) is 35.9 Å². The lowest BCUT2D eigenvalue weighted by atomic mass is 10.1. The molecule has 0 radical (unpaired) electrons. The van der Waals surface area contributed by atoms with E-state index in [0.717, 1.165) is 5.56 Å². The van der Waals surface area contributed by atoms with Gasteiger partial charge in [-0.1, -0.05) is 24.1 Å². The molecular weight excluding hydrogens is 218 g/mol. The second kappa shape index (κ2) is 5.17. The van der Waals surface area contributed by atoms with Gasteiger partial charge in [-0.05, 0) is 18.1 Å². The van der Waals surface area contributed by atoms with Crippen molar-refractivity contribution in [2.24, 2.45) is 0 Å². The summed E-state index contributed by atoms with van der Waals surface area (Å²) >= 11 is 0. The maximum atomic E-state index is 11.5. The van der Waals surface area contributed by atoms with Crippen LogP contribution in [0.2, 0.25) is 0 Å². The third kappa shape index (κ3) is 3.35. The van der Waals surface area contributed by atoms with E-state index in [1.807, 2.05) is 30.3 Å². The summed E-state index contributed by atoms with van der Waals surface area (Å²) in [5.41, 5.74) is 0.799. The van der Waals surface area contributed by atoms with Crippen LogP contribution in [0.25, 0.3) is 0 Å². The summed E-state index contributed by atoms with van der Waals surface area (Å²) in [5.74, 6) is 5.12. The van der Waals surface area contributed by atoms with Crippen molar-refractivity contribution in [1.82, 2.24) is 5.32 Å². The van der Waals surface area contributed by atoms with Crippen LogP contribution in [0.4, 0.5) is 4.79 Å². The maximum Gasteiger partial charge on any atom is 0.407 e. The highest BCUT2D eigenvalue weighted by Crippen LogP contribution is 2.02. The minimum atomic E-state index is -0.473. The molecule has 1 aromatic carbocycles. The van der Waals surface area contributed by atoms with Crippen molar-refractivity contribution in [3.63, 3.8) is 0 Å². The normalized spacial score (nSPS) is 17.6. The Hall–Kier alpha value is -2.28. The first-order valence-electron chi connectivity index (χ1n) is 5.27. The number of ketones is 1. The van der Waals surface area contributed by atoms with Crippen LogP contribution in [0, 0.1) is 11.8 Å². The van der Waals surface area contributed by atoms with E-state index in [0.29, 0.717) is 0 Å². The highest BCUT2D eigenvalue weighted by molar-refractivity contribution is 5.96. The molecule has 1 heterocycles. The lowest BCUT2D eigenvalue weighted by Crippen LogP contribution is -2.28. The minimum Gasteiger partial charge on any atom is -0.447 e. The number of benzene rings is 1. The predicted molar refractivity (Wildman–Crippen MR) is 61.2 cm³/mol. The summed E-state index contributed by atoms with van der Waals surface area (Å²) in [6.45, 7) is 0.234. The molecule has 1 N–H and O–H groups in total. The van der Waals surface area contributed by atoms with Crippen molar-refractivity contribution in [2.45, 2.75) is 12.5 Å². The van der Waals surface area contributed by atoms with E-state index in [4.69, 9.17) is 0 Å². The lowest BCUT2D eigenvalue weighted by Gasteiger charge is -2.01. The summed E-state index contributed by atoms with van der Waals surface area (Å²) in [6, 6.07) is 9.03. The molecule has 2 rings (SSSR count). The number of rotatable bonds is 2. The Morgan fingerprint density at radius 2 is 2.18 bits per heavy atom. The highest BCUT2D eigenvalue weighted by Gasteiger charge is 2.23. The Labute approximate surface area is 99.0 Å². The molecule has 1 aliphatic rings. The van der Waals surface area contributed by atoms with Gasteiger partial charge in [-0.15, -0.1) is 0 Å². The molecular formula is C13H11NO3. The summed E-state index contributed by atoms with van der Waals surface area (Å²) < 4.78 is 4.68. The van der Waals surface area contributed by atoms with Crippen LogP contribution in [0.5, 0.6) is 0 Å². The Bertz CT molecular complexity index is 484. The molecule has 4 heteroatoms. The topological polar surface area (TPSA) is 55.4 Å². The van der Waals surface area contributed by atoms with Gasteiger partial charge in [0.15, 0.2) is 0 Å². The largest absolute Gasteiger partial charge is 0.447 e. The van der Waals surface area contributed by atoms with Crippen molar-refractivity contribution in [3.8, 4) is 11.8 Å². The number of carbonyl (C=O) groups is 2. The zero-order chi connectivity index (χ0) is 12.1. The molecule has 86 valence electrons. The molecule has 0 aromatic heterocycles. The smallest absolute Gasteiger partial charge is 0.407 e. The SMILES string of the molecule is O=C(C#Cc1ccccc1)C[C@@H]1COC(=O)N1. The van der Waals surface area contributed by atoms with Crippen LogP contribution in [0.15, 0.2) is 30.3 Å². The minimum absolute atomic E-state index is 0.186. The van der Waals surface area contributed by atoms with Crippen LogP contribution in [0.1, 0.15) is 12.0 Å². The number of Topliss-reactive ketones (excluding diaryl/α,β-unsaturated/α-hetero) is 1. The van der Waals surface area contributed by atoms with Crippen LogP contribution < -0.4 is 5.32 Å². The molecule has 0 spiro atoms. The number of cyclic esters (lactones) is 1. The zero-order valence-corrected chi connectivity index (χ0v) is 9.10. The summed E-state index contributed by atoms with van der Waals surface area (Å²) in [7, 11) is 0. The quantitative estimate of drug-likeness (QED) is 0.773. The number of carbonyl (C=O) groups excluding carboxylic acids is 2. The van der Waals surface area contributed by atoms with E-state index in [1.54, 1.807) is 0 Å². The number of hydrogen-bond donors (Lipinski definition) is 1. The molecule has 1 fully saturated rings. The van der Waals surface area contributed by atoms with Gasteiger partial charge in [-0.25, -0.2) is 4.79 Å². The molecule has 0 aliphatic carbocycles. The van der Waals surface area contributed by atoms with Crippen LogP contribution >= 0.6 is 0 Å². The molecule has 1 amide bonds. The average Bonchev–Trinajstić information content (AvgIpc) is 2.73. The Morgan fingerprint density at radius 3 is 2.82 bits per heavy atom. The van der Waals surface area contributed by atoms with Gasteiger partial charge in [-0.3, -0.25) is 4.79 Å². The lowest BCUT2D eigenvalue weighted by molar-refractivity contribution is -0.114. The van der Waals surface area contributed by atoms with Crippen molar-refractivity contribution in [2.75, 3.05) is 6.61 Å². The van der Waals surface area contributed by atoms with E-state index < -0.39 is 6.09 Å². The third-order valence-corrected chi connectivity index (χ3v) is 2.29. The van der Waals surface area contributed by atoms with Crippen molar-refractivity contribution >= 4 is 11.9 Å². The van der Waals surface area contributed by atoms with Gasteiger partial charge >= 0.3 is 6.09 Å². The standard InChI is InChI=1S/C13H11NO3/c15-12(8-11-9-17-13(16)14-11)7-6-10-4-2-1-3-5-10/h1-5,11H,8-9H2,(H,14,16)/t11-/m1/s1. The van der Waals surface area contributed by atoms with Gasteiger partial charge in [-0.2, -0.15) is 0 Å². The van der Waals surface area contributed by atoms with Gasteiger partial charge in [0, 0.05) is 12.0 Å². The van der Waals surface area contributed by atoms with Crippen LogP contribution in [0.3, 0.4) is 0 Å². The summed E-state index contributed by atoms with van der Waals surface area (Å²) in [4.78, 5) is 22.2. The Balaban J connectivity index is 1.90. The highest BCUT2D eigenvalue weighted by atomic mass is 16.6. The molecule has 1 atom stereocenters. The van der Waals surface area contributed by atoms with E-state index in [9.17, 15) is 9.59 Å². The fourth-order valence-corrected chi connectivity index (χ4v) is 1.47. The molecule has 1 aromatic rings. The van der Waals surface area contributed by atoms with E-state index in [1.165, 1.54) is 0 Å². The fraction of sp³-hybridized carbons (Fsp3) is 0.231. The van der Waals surface area contributed by atoms with Gasteiger partial charge < -0.3 is 10.1 Å². The van der Waals surface area contributed by atoms with Gasteiger partial charge in [0.1, 0.15) is 6.61 Å². The second-order valence-electron chi connectivity index (χ2n) is 3.68. The number of nitrogens with one attached hydrogen (secondary N) is 1. The summed E-state index contributed by atoms with van der Waals surface area (Å²) in [6.07, 6.45) is -0.287. The first-order valence-corrected chi connectivity index (χ1v) is 5.27. The first kappa shape index (κ1) is 11.2. The van der Waals surface area contributed by atoms with Gasteiger partial charge in [0.05, 0.1) is 6.04 Å². The Kier molecular flexibility index (Phi) is 3.41. The molecule has 4 nitrogen and oxygen atoms in total. The van der Waals surface area contributed by atoms with Crippen LogP contribution in [-0.4, -0.2) is 24.5 Å².